The van der Waals surface area contributed by atoms with Crippen molar-refractivity contribution in [3.63, 3.8) is 0 Å². The van der Waals surface area contributed by atoms with E-state index in [2.05, 4.69) is 0 Å². The number of carbonyl (C=O) groups excluding carboxylic acids is 1. The van der Waals surface area contributed by atoms with E-state index in [0.29, 0.717) is 23.5 Å². The predicted octanol–water partition coefficient (Wildman–Crippen LogP) is 5.51. The van der Waals surface area contributed by atoms with Crippen LogP contribution >= 0.6 is 0 Å². The molecule has 0 unspecified atom stereocenters. The highest BCUT2D eigenvalue weighted by molar-refractivity contribution is 6.33. The summed E-state index contributed by atoms with van der Waals surface area (Å²) in [5.74, 6) is 0.573. The Morgan fingerprint density at radius 1 is 0.840 bits per heavy atom. The van der Waals surface area contributed by atoms with E-state index in [1.807, 2.05) is 97.9 Å². The molecule has 2 heteroatoms. The predicted molar refractivity (Wildman–Crippen MR) is 103 cm³/mol. The number of rotatable bonds is 6. The van der Waals surface area contributed by atoms with Crippen molar-refractivity contribution in [2.24, 2.45) is 0 Å². The molecule has 0 heterocycles. The molecule has 25 heavy (non-hydrogen) atoms. The summed E-state index contributed by atoms with van der Waals surface area (Å²) in [7, 11) is 0. The van der Waals surface area contributed by atoms with Crippen LogP contribution in [0.25, 0.3) is 11.6 Å². The molecular weight excluding hydrogens is 308 g/mol. The molecule has 0 atom stereocenters. The lowest BCUT2D eigenvalue weighted by Gasteiger charge is -2.12. The van der Waals surface area contributed by atoms with Gasteiger partial charge in [0.2, 0.25) is 0 Å². The van der Waals surface area contributed by atoms with Crippen molar-refractivity contribution in [2.75, 3.05) is 6.61 Å². The number of hydrogen-bond donors (Lipinski definition) is 0. The van der Waals surface area contributed by atoms with Crippen LogP contribution in [0, 0.1) is 0 Å². The van der Waals surface area contributed by atoms with Gasteiger partial charge in [-0.15, -0.1) is 0 Å². The lowest BCUT2D eigenvalue weighted by Crippen LogP contribution is -2.06. The smallest absolute Gasteiger partial charge is 0.197 e. The van der Waals surface area contributed by atoms with Gasteiger partial charge in [0.25, 0.3) is 0 Å². The Morgan fingerprint density at radius 2 is 1.44 bits per heavy atom. The molecule has 3 aromatic carbocycles. The van der Waals surface area contributed by atoms with Gasteiger partial charge in [-0.05, 0) is 36.3 Å². The Balaban J connectivity index is 2.09. The van der Waals surface area contributed by atoms with Gasteiger partial charge in [0.1, 0.15) is 5.75 Å². The number of ketones is 1. The molecule has 0 saturated heterocycles. The van der Waals surface area contributed by atoms with Gasteiger partial charge in [0.05, 0.1) is 12.2 Å². The monoisotopic (exact) mass is 328 g/mol. The van der Waals surface area contributed by atoms with Crippen LogP contribution in [-0.4, -0.2) is 12.4 Å². The number of benzene rings is 3. The lowest BCUT2D eigenvalue weighted by atomic mass is 9.94. The summed E-state index contributed by atoms with van der Waals surface area (Å²) < 4.78 is 5.65. The number of para-hydroxylation sites is 1. The summed E-state index contributed by atoms with van der Waals surface area (Å²) in [5.41, 5.74) is 3.11. The zero-order chi connectivity index (χ0) is 17.5. The van der Waals surface area contributed by atoms with E-state index in [0.717, 1.165) is 11.1 Å². The van der Waals surface area contributed by atoms with Crippen LogP contribution in [0.1, 0.15) is 28.4 Å². The van der Waals surface area contributed by atoms with E-state index in [1.54, 1.807) is 0 Å². The topological polar surface area (TPSA) is 26.3 Å². The van der Waals surface area contributed by atoms with E-state index in [1.165, 1.54) is 0 Å². The first-order chi connectivity index (χ1) is 12.3. The fourth-order valence-corrected chi connectivity index (χ4v) is 2.69. The van der Waals surface area contributed by atoms with Gasteiger partial charge in [-0.25, -0.2) is 0 Å². The van der Waals surface area contributed by atoms with Crippen LogP contribution in [0.5, 0.6) is 5.75 Å². The lowest BCUT2D eigenvalue weighted by molar-refractivity contribution is 0.105. The summed E-state index contributed by atoms with van der Waals surface area (Å²) in [4.78, 5) is 13.3. The molecular formula is C23H20O2. The van der Waals surface area contributed by atoms with Crippen LogP contribution in [-0.2, 0) is 0 Å². The fourth-order valence-electron chi connectivity index (χ4n) is 2.69. The van der Waals surface area contributed by atoms with E-state index in [9.17, 15) is 4.79 Å². The van der Waals surface area contributed by atoms with Crippen molar-refractivity contribution in [1.82, 2.24) is 0 Å². The standard InChI is InChI=1S/C23H20O2/c1-2-25-22-16-10-9-15-20(22)23(24)21(19-13-7-4-8-14-19)17-18-11-5-3-6-12-18/h3-17H,2H2,1H3/b21-17+. The first kappa shape index (κ1) is 16.7. The highest BCUT2D eigenvalue weighted by Crippen LogP contribution is 2.27. The summed E-state index contributed by atoms with van der Waals surface area (Å²) in [6.45, 7) is 2.44. The molecule has 2 nitrogen and oxygen atoms in total. The van der Waals surface area contributed by atoms with Crippen LogP contribution in [0.3, 0.4) is 0 Å². The first-order valence-corrected chi connectivity index (χ1v) is 8.38. The van der Waals surface area contributed by atoms with Crippen LogP contribution in [0.15, 0.2) is 84.9 Å². The van der Waals surface area contributed by atoms with Gasteiger partial charge in [-0.1, -0.05) is 72.8 Å². The SMILES string of the molecule is CCOc1ccccc1C(=O)/C(=C/c1ccccc1)c1ccccc1. The second-order valence-corrected chi connectivity index (χ2v) is 5.59. The maximum atomic E-state index is 13.3. The Morgan fingerprint density at radius 3 is 2.12 bits per heavy atom. The summed E-state index contributed by atoms with van der Waals surface area (Å²) in [6, 6.07) is 27.0. The van der Waals surface area contributed by atoms with Gasteiger partial charge in [-0.2, -0.15) is 0 Å². The maximum absolute atomic E-state index is 13.3. The normalized spacial score (nSPS) is 11.2. The molecule has 0 spiro atoms. The Kier molecular flexibility index (Phi) is 5.43. The minimum absolute atomic E-state index is 0.0425. The molecule has 3 aromatic rings. The largest absolute Gasteiger partial charge is 0.493 e. The van der Waals surface area contributed by atoms with Gasteiger partial charge in [-0.3, -0.25) is 4.79 Å². The average molecular weight is 328 g/mol. The van der Waals surface area contributed by atoms with Gasteiger partial charge >= 0.3 is 0 Å². The van der Waals surface area contributed by atoms with E-state index >= 15 is 0 Å². The molecule has 0 aliphatic rings. The molecule has 0 aromatic heterocycles. The molecule has 0 aliphatic carbocycles. The minimum Gasteiger partial charge on any atom is -0.493 e. The van der Waals surface area contributed by atoms with Crippen molar-refractivity contribution in [3.8, 4) is 5.75 Å². The quantitative estimate of drug-likeness (QED) is 0.339. The first-order valence-electron chi connectivity index (χ1n) is 8.38. The number of Topliss-reactive ketones (excluding diaryl/α,β-unsaturated/α-hetero) is 1. The molecule has 0 radical (unpaired) electrons. The van der Waals surface area contributed by atoms with Crippen LogP contribution in [0.4, 0.5) is 0 Å². The second-order valence-electron chi connectivity index (χ2n) is 5.59. The molecule has 0 amide bonds. The Hall–Kier alpha value is -3.13. The Bertz CT molecular complexity index is 865. The van der Waals surface area contributed by atoms with Crippen molar-refractivity contribution in [2.45, 2.75) is 6.92 Å². The number of ether oxygens (including phenoxy) is 1. The fraction of sp³-hybridized carbons (Fsp3) is 0.0870. The Labute approximate surface area is 148 Å². The van der Waals surface area contributed by atoms with Crippen LogP contribution < -0.4 is 4.74 Å². The molecule has 0 N–H and O–H groups in total. The number of carbonyl (C=O) groups is 1. The molecule has 124 valence electrons. The minimum atomic E-state index is -0.0425. The summed E-state index contributed by atoms with van der Waals surface area (Å²) in [6.07, 6.45) is 1.93. The molecule has 0 fully saturated rings. The maximum Gasteiger partial charge on any atom is 0.197 e. The van der Waals surface area contributed by atoms with E-state index in [4.69, 9.17) is 4.74 Å². The van der Waals surface area contributed by atoms with Gasteiger partial charge in [0.15, 0.2) is 5.78 Å². The molecule has 0 aliphatic heterocycles. The van der Waals surface area contributed by atoms with Crippen molar-refractivity contribution in [1.29, 1.82) is 0 Å². The third-order valence-corrected chi connectivity index (χ3v) is 3.87. The van der Waals surface area contributed by atoms with Crippen molar-refractivity contribution < 1.29 is 9.53 Å². The average Bonchev–Trinajstić information content (AvgIpc) is 2.68. The summed E-state index contributed by atoms with van der Waals surface area (Å²) >= 11 is 0. The van der Waals surface area contributed by atoms with Gasteiger partial charge < -0.3 is 4.74 Å². The van der Waals surface area contributed by atoms with E-state index in [-0.39, 0.29) is 5.78 Å². The number of hydrogen-bond acceptors (Lipinski definition) is 2. The highest BCUT2D eigenvalue weighted by Gasteiger charge is 2.18. The van der Waals surface area contributed by atoms with Gasteiger partial charge in [0, 0.05) is 5.57 Å². The molecule has 3 rings (SSSR count). The number of allylic oxidation sites excluding steroid dienone is 1. The highest BCUT2D eigenvalue weighted by atomic mass is 16.5. The van der Waals surface area contributed by atoms with E-state index < -0.39 is 0 Å². The molecule has 0 saturated carbocycles. The third kappa shape index (κ3) is 4.04. The zero-order valence-corrected chi connectivity index (χ0v) is 14.2. The summed E-state index contributed by atoms with van der Waals surface area (Å²) in [5, 5.41) is 0. The molecule has 0 bridgehead atoms. The second kappa shape index (κ2) is 8.11. The van der Waals surface area contributed by atoms with Crippen molar-refractivity contribution >= 4 is 17.4 Å². The zero-order valence-electron chi connectivity index (χ0n) is 14.2. The van der Waals surface area contributed by atoms with Crippen LogP contribution in [0.2, 0.25) is 0 Å². The van der Waals surface area contributed by atoms with Crippen molar-refractivity contribution in [3.05, 3.63) is 102 Å². The third-order valence-electron chi connectivity index (χ3n) is 3.87.